The molecule has 0 saturated carbocycles. The molecule has 0 spiro atoms. The van der Waals surface area contributed by atoms with Crippen LogP contribution >= 0.6 is 11.6 Å². The number of benzene rings is 1. The summed E-state index contributed by atoms with van der Waals surface area (Å²) in [6.45, 7) is 0.382. The number of carbonyl (C=O) groups excluding carboxylic acids is 2. The molecule has 0 bridgehead atoms. The van der Waals surface area contributed by atoms with Gasteiger partial charge in [-0.1, -0.05) is 29.8 Å². The third-order valence-corrected chi connectivity index (χ3v) is 3.15. The number of hydrogen-bond donors (Lipinski definition) is 3. The number of fused-ring (bicyclic) bond motifs is 1. The second-order valence-corrected chi connectivity index (χ2v) is 4.56. The number of rotatable bonds is 5. The number of carbonyl (C=O) groups is 2. The van der Waals surface area contributed by atoms with Crippen molar-refractivity contribution in [3.63, 3.8) is 0 Å². The molecule has 2 amide bonds. The molecule has 2 aromatic rings. The van der Waals surface area contributed by atoms with E-state index in [-0.39, 0.29) is 18.2 Å². The Morgan fingerprint density at radius 3 is 2.74 bits per heavy atom. The van der Waals surface area contributed by atoms with Gasteiger partial charge in [0.2, 0.25) is 5.91 Å². The highest BCUT2D eigenvalue weighted by atomic mass is 35.5. The normalized spacial score (nSPS) is 10.6. The van der Waals surface area contributed by atoms with E-state index in [0.29, 0.717) is 23.7 Å². The summed E-state index contributed by atoms with van der Waals surface area (Å²) in [5, 5.41) is 3.91. The predicted octanol–water partition coefficient (Wildman–Crippen LogP) is 1.82. The first kappa shape index (κ1) is 13.4. The van der Waals surface area contributed by atoms with E-state index in [2.05, 4.69) is 10.3 Å². The lowest BCUT2D eigenvalue weighted by molar-refractivity contribution is -0.118. The van der Waals surface area contributed by atoms with Crippen molar-refractivity contribution >= 4 is 34.3 Å². The Balaban J connectivity index is 2.05. The Hall–Kier alpha value is -2.01. The summed E-state index contributed by atoms with van der Waals surface area (Å²) in [6, 6.07) is 7.42. The molecule has 4 N–H and O–H groups in total. The third-order valence-electron chi connectivity index (χ3n) is 2.76. The Morgan fingerprint density at radius 2 is 2.05 bits per heavy atom. The zero-order chi connectivity index (χ0) is 13.8. The van der Waals surface area contributed by atoms with Crippen molar-refractivity contribution in [2.75, 3.05) is 6.54 Å². The second-order valence-electron chi connectivity index (χ2n) is 4.19. The van der Waals surface area contributed by atoms with E-state index in [9.17, 15) is 9.59 Å². The number of amides is 2. The lowest BCUT2D eigenvalue weighted by Crippen LogP contribution is -2.26. The minimum Gasteiger partial charge on any atom is -0.370 e. The second kappa shape index (κ2) is 5.75. The van der Waals surface area contributed by atoms with Crippen molar-refractivity contribution < 1.29 is 9.59 Å². The Labute approximate surface area is 115 Å². The van der Waals surface area contributed by atoms with Crippen molar-refractivity contribution in [2.24, 2.45) is 5.73 Å². The molecule has 1 aromatic carbocycles. The number of hydrogen-bond acceptors (Lipinski definition) is 2. The van der Waals surface area contributed by atoms with Crippen LogP contribution in [-0.2, 0) is 4.79 Å². The number of nitrogens with two attached hydrogens (primary N) is 1. The van der Waals surface area contributed by atoms with E-state index in [1.807, 2.05) is 24.3 Å². The summed E-state index contributed by atoms with van der Waals surface area (Å²) in [5.41, 5.74) is 6.17. The lowest BCUT2D eigenvalue weighted by atomic mass is 10.2. The third kappa shape index (κ3) is 3.06. The fourth-order valence-electron chi connectivity index (χ4n) is 1.82. The maximum atomic E-state index is 11.9. The van der Waals surface area contributed by atoms with E-state index in [0.717, 1.165) is 10.9 Å². The molecule has 6 heteroatoms. The van der Waals surface area contributed by atoms with Crippen LogP contribution in [0, 0.1) is 0 Å². The lowest BCUT2D eigenvalue weighted by Gasteiger charge is -2.02. The van der Waals surface area contributed by atoms with Crippen molar-refractivity contribution in [1.29, 1.82) is 0 Å². The number of para-hydroxylation sites is 1. The molecular formula is C13H14ClN3O2. The van der Waals surface area contributed by atoms with Crippen LogP contribution in [-0.4, -0.2) is 23.3 Å². The number of aromatic amines is 1. The van der Waals surface area contributed by atoms with Gasteiger partial charge >= 0.3 is 0 Å². The Kier molecular flexibility index (Phi) is 4.06. The number of H-pyrrole nitrogens is 1. The van der Waals surface area contributed by atoms with Gasteiger partial charge in [-0.25, -0.2) is 0 Å². The minimum atomic E-state index is -0.377. The number of primary amides is 1. The molecule has 0 saturated heterocycles. The van der Waals surface area contributed by atoms with Crippen LogP contribution in [0.5, 0.6) is 0 Å². The van der Waals surface area contributed by atoms with Gasteiger partial charge in [-0.05, 0) is 12.5 Å². The molecule has 0 radical (unpaired) electrons. The summed E-state index contributed by atoms with van der Waals surface area (Å²) < 4.78 is 0. The summed E-state index contributed by atoms with van der Waals surface area (Å²) in [6.07, 6.45) is 0.764. The van der Waals surface area contributed by atoms with Crippen molar-refractivity contribution in [3.8, 4) is 0 Å². The zero-order valence-corrected chi connectivity index (χ0v) is 11.0. The predicted molar refractivity (Wildman–Crippen MR) is 74.1 cm³/mol. The maximum absolute atomic E-state index is 11.9. The smallest absolute Gasteiger partial charge is 0.269 e. The van der Waals surface area contributed by atoms with Crippen LogP contribution in [0.25, 0.3) is 10.9 Å². The maximum Gasteiger partial charge on any atom is 0.269 e. The van der Waals surface area contributed by atoms with Gasteiger partial charge in [0.05, 0.1) is 5.02 Å². The first-order valence-electron chi connectivity index (χ1n) is 5.92. The van der Waals surface area contributed by atoms with Gasteiger partial charge in [0.15, 0.2) is 0 Å². The number of halogens is 1. The number of aromatic nitrogens is 1. The van der Waals surface area contributed by atoms with Gasteiger partial charge in [0, 0.05) is 23.9 Å². The molecule has 100 valence electrons. The first-order valence-corrected chi connectivity index (χ1v) is 6.30. The standard InChI is InChI=1S/C13H14ClN3O2/c14-11-8-4-1-2-5-9(8)17-12(11)13(19)16-7-3-6-10(15)18/h1-2,4-5,17H,3,6-7H2,(H2,15,18)(H,16,19). The highest BCUT2D eigenvalue weighted by Crippen LogP contribution is 2.26. The zero-order valence-electron chi connectivity index (χ0n) is 10.2. The monoisotopic (exact) mass is 279 g/mol. The Bertz CT molecular complexity index is 621. The largest absolute Gasteiger partial charge is 0.370 e. The van der Waals surface area contributed by atoms with Crippen molar-refractivity contribution in [3.05, 3.63) is 35.0 Å². The van der Waals surface area contributed by atoms with E-state index in [1.165, 1.54) is 0 Å². The molecule has 0 aliphatic heterocycles. The van der Waals surface area contributed by atoms with Gasteiger partial charge in [-0.3, -0.25) is 9.59 Å². The molecular weight excluding hydrogens is 266 g/mol. The highest BCUT2D eigenvalue weighted by molar-refractivity contribution is 6.38. The van der Waals surface area contributed by atoms with Crippen LogP contribution < -0.4 is 11.1 Å². The van der Waals surface area contributed by atoms with E-state index < -0.39 is 0 Å². The summed E-state index contributed by atoms with van der Waals surface area (Å²) >= 11 is 6.15. The van der Waals surface area contributed by atoms with Gasteiger partial charge in [-0.2, -0.15) is 0 Å². The summed E-state index contributed by atoms with van der Waals surface area (Å²) in [5.74, 6) is -0.663. The highest BCUT2D eigenvalue weighted by Gasteiger charge is 2.15. The van der Waals surface area contributed by atoms with E-state index in [1.54, 1.807) is 0 Å². The fraction of sp³-hybridized carbons (Fsp3) is 0.231. The number of nitrogens with one attached hydrogen (secondary N) is 2. The Morgan fingerprint density at radius 1 is 1.32 bits per heavy atom. The van der Waals surface area contributed by atoms with E-state index >= 15 is 0 Å². The van der Waals surface area contributed by atoms with Crippen LogP contribution in [0.1, 0.15) is 23.3 Å². The topological polar surface area (TPSA) is 88.0 Å². The molecule has 0 unspecified atom stereocenters. The van der Waals surface area contributed by atoms with Crippen molar-refractivity contribution in [1.82, 2.24) is 10.3 Å². The summed E-state index contributed by atoms with van der Waals surface area (Å²) in [7, 11) is 0. The minimum absolute atomic E-state index is 0.251. The molecule has 0 atom stereocenters. The average Bonchev–Trinajstić information content (AvgIpc) is 2.72. The SMILES string of the molecule is NC(=O)CCCNC(=O)c1[nH]c2ccccc2c1Cl. The average molecular weight is 280 g/mol. The van der Waals surface area contributed by atoms with Gasteiger partial charge < -0.3 is 16.0 Å². The summed E-state index contributed by atoms with van der Waals surface area (Å²) in [4.78, 5) is 25.5. The van der Waals surface area contributed by atoms with Crippen LogP contribution in [0.15, 0.2) is 24.3 Å². The fourth-order valence-corrected chi connectivity index (χ4v) is 2.11. The molecule has 1 heterocycles. The molecule has 0 aliphatic carbocycles. The van der Waals surface area contributed by atoms with Gasteiger partial charge in [0.1, 0.15) is 5.69 Å². The van der Waals surface area contributed by atoms with Crippen molar-refractivity contribution in [2.45, 2.75) is 12.8 Å². The molecule has 0 aliphatic rings. The molecule has 2 rings (SSSR count). The van der Waals surface area contributed by atoms with E-state index in [4.69, 9.17) is 17.3 Å². The quantitative estimate of drug-likeness (QED) is 0.729. The molecule has 19 heavy (non-hydrogen) atoms. The van der Waals surface area contributed by atoms with Crippen LogP contribution in [0.2, 0.25) is 5.02 Å². The molecule has 1 aromatic heterocycles. The molecule has 5 nitrogen and oxygen atoms in total. The molecule has 0 fully saturated rings. The van der Waals surface area contributed by atoms with Gasteiger partial charge in [-0.15, -0.1) is 0 Å². The van der Waals surface area contributed by atoms with Gasteiger partial charge in [0.25, 0.3) is 5.91 Å². The van der Waals surface area contributed by atoms with Crippen LogP contribution in [0.3, 0.4) is 0 Å². The first-order chi connectivity index (χ1) is 9.09. The van der Waals surface area contributed by atoms with Crippen LogP contribution in [0.4, 0.5) is 0 Å².